The number of carbonyl (C=O) groups excluding carboxylic acids is 1. The van der Waals surface area contributed by atoms with Gasteiger partial charge in [0, 0.05) is 16.5 Å². The van der Waals surface area contributed by atoms with Crippen LogP contribution in [0.1, 0.15) is 18.7 Å². The maximum absolute atomic E-state index is 11.8. The number of carboxylic acids is 1. The van der Waals surface area contributed by atoms with E-state index in [1.807, 2.05) is 0 Å². The van der Waals surface area contributed by atoms with Crippen molar-refractivity contribution >= 4 is 35.8 Å². The van der Waals surface area contributed by atoms with Crippen LogP contribution in [0.15, 0.2) is 17.5 Å². The Labute approximate surface area is 109 Å². The summed E-state index contributed by atoms with van der Waals surface area (Å²) in [6.45, 7) is 3.20. The van der Waals surface area contributed by atoms with Gasteiger partial charge in [-0.2, -0.15) is 12.6 Å². The molecule has 2 atom stereocenters. The Bertz CT molecular complexity index is 405. The van der Waals surface area contributed by atoms with Crippen molar-refractivity contribution in [1.82, 2.24) is 5.32 Å². The molecule has 6 heteroatoms. The molecule has 0 aromatic carbocycles. The molecule has 17 heavy (non-hydrogen) atoms. The molecule has 94 valence electrons. The van der Waals surface area contributed by atoms with Crippen LogP contribution in [0.2, 0.25) is 0 Å². The lowest BCUT2D eigenvalue weighted by Crippen LogP contribution is -2.50. The molecule has 0 fully saturated rings. The molecule has 4 nitrogen and oxygen atoms in total. The zero-order chi connectivity index (χ0) is 13.1. The van der Waals surface area contributed by atoms with Crippen molar-refractivity contribution in [2.75, 3.05) is 5.75 Å². The largest absolute Gasteiger partial charge is 0.479 e. The van der Waals surface area contributed by atoms with Gasteiger partial charge in [-0.1, -0.05) is 13.0 Å². The van der Waals surface area contributed by atoms with Gasteiger partial charge in [0.25, 0.3) is 0 Å². The maximum atomic E-state index is 11.8. The number of thiol groups is 1. The molecule has 1 unspecified atom stereocenters. The van der Waals surface area contributed by atoms with Crippen molar-refractivity contribution in [1.29, 1.82) is 0 Å². The predicted octanol–water partition coefficient (Wildman–Crippen LogP) is 1.73. The summed E-state index contributed by atoms with van der Waals surface area (Å²) in [5, 5.41) is 13.6. The van der Waals surface area contributed by atoms with Gasteiger partial charge < -0.3 is 10.4 Å². The summed E-state index contributed by atoms with van der Waals surface area (Å²) in [5.74, 6) is -1.32. The molecule has 0 spiro atoms. The fraction of sp³-hybridized carbons (Fsp3) is 0.455. The Balaban J connectivity index is 2.95. The van der Waals surface area contributed by atoms with Crippen molar-refractivity contribution in [2.45, 2.75) is 19.4 Å². The highest BCUT2D eigenvalue weighted by atomic mass is 32.1. The molecule has 2 N–H and O–H groups in total. The van der Waals surface area contributed by atoms with Crippen LogP contribution in [0.4, 0.5) is 0 Å². The fourth-order valence-corrected chi connectivity index (χ4v) is 2.24. The molecule has 1 rings (SSSR count). The lowest BCUT2D eigenvalue weighted by molar-refractivity contribution is -0.147. The molecule has 1 heterocycles. The molecule has 0 aliphatic carbocycles. The first-order chi connectivity index (χ1) is 7.91. The van der Waals surface area contributed by atoms with Gasteiger partial charge in [0.1, 0.15) is 0 Å². The summed E-state index contributed by atoms with van der Waals surface area (Å²) in [6.07, 6.45) is 0. The second-order valence-corrected chi connectivity index (χ2v) is 5.29. The monoisotopic (exact) mass is 273 g/mol. The van der Waals surface area contributed by atoms with E-state index in [0.717, 1.165) is 0 Å². The average molecular weight is 273 g/mol. The minimum absolute atomic E-state index is 0.307. The van der Waals surface area contributed by atoms with Gasteiger partial charge in [-0.3, -0.25) is 4.79 Å². The van der Waals surface area contributed by atoms with E-state index in [2.05, 4.69) is 17.9 Å². The third kappa shape index (κ3) is 3.01. The van der Waals surface area contributed by atoms with E-state index in [1.165, 1.54) is 18.3 Å². The Kier molecular flexibility index (Phi) is 4.59. The van der Waals surface area contributed by atoms with Crippen molar-refractivity contribution in [3.63, 3.8) is 0 Å². The van der Waals surface area contributed by atoms with Crippen molar-refractivity contribution < 1.29 is 14.7 Å². The molecule has 1 aromatic heterocycles. The molecule has 0 bridgehead atoms. The van der Waals surface area contributed by atoms with Crippen LogP contribution >= 0.6 is 24.0 Å². The first-order valence-corrected chi connectivity index (χ1v) is 6.63. The zero-order valence-corrected chi connectivity index (χ0v) is 11.3. The third-order valence-electron chi connectivity index (χ3n) is 2.54. The molecule has 1 amide bonds. The average Bonchev–Trinajstić information content (AvgIpc) is 2.81. The first-order valence-electron chi connectivity index (χ1n) is 5.12. The predicted molar refractivity (Wildman–Crippen MR) is 70.5 cm³/mol. The number of rotatable bonds is 5. The van der Waals surface area contributed by atoms with Gasteiger partial charge in [-0.05, 0) is 18.4 Å². The van der Waals surface area contributed by atoms with Gasteiger partial charge >= 0.3 is 5.97 Å². The number of aliphatic carboxylic acids is 1. The second-order valence-electron chi connectivity index (χ2n) is 3.98. The highest BCUT2D eigenvalue weighted by Crippen LogP contribution is 2.26. The number of amides is 1. The number of hydrogen-bond donors (Lipinski definition) is 3. The van der Waals surface area contributed by atoms with Gasteiger partial charge in [0.2, 0.25) is 5.91 Å². The molecule has 0 saturated heterocycles. The van der Waals surface area contributed by atoms with Gasteiger partial charge in [-0.25, -0.2) is 4.79 Å². The number of nitrogens with one attached hydrogen (secondary N) is 1. The van der Waals surface area contributed by atoms with Crippen LogP contribution in [0.25, 0.3) is 0 Å². The minimum Gasteiger partial charge on any atom is -0.479 e. The van der Waals surface area contributed by atoms with Crippen molar-refractivity contribution in [2.24, 2.45) is 5.92 Å². The van der Waals surface area contributed by atoms with Gasteiger partial charge in [0.15, 0.2) is 5.54 Å². The van der Waals surface area contributed by atoms with Crippen LogP contribution < -0.4 is 5.32 Å². The zero-order valence-electron chi connectivity index (χ0n) is 9.64. The summed E-state index contributed by atoms with van der Waals surface area (Å²) < 4.78 is 0. The van der Waals surface area contributed by atoms with Gasteiger partial charge in [0.05, 0.1) is 0 Å². The molecular formula is C11H15NO3S2. The van der Waals surface area contributed by atoms with Crippen LogP contribution in [-0.2, 0) is 15.1 Å². The minimum atomic E-state index is -1.37. The summed E-state index contributed by atoms with van der Waals surface area (Å²) in [4.78, 5) is 23.7. The maximum Gasteiger partial charge on any atom is 0.334 e. The van der Waals surface area contributed by atoms with E-state index in [1.54, 1.807) is 24.4 Å². The Morgan fingerprint density at radius 2 is 2.29 bits per heavy atom. The van der Waals surface area contributed by atoms with Crippen LogP contribution in [-0.4, -0.2) is 22.7 Å². The number of thiophene rings is 1. The summed E-state index contributed by atoms with van der Waals surface area (Å²) in [7, 11) is 0. The van der Waals surface area contributed by atoms with Crippen LogP contribution in [0.5, 0.6) is 0 Å². The lowest BCUT2D eigenvalue weighted by atomic mass is 9.99. The Morgan fingerprint density at radius 1 is 1.65 bits per heavy atom. The van der Waals surface area contributed by atoms with E-state index < -0.39 is 11.5 Å². The number of carboxylic acid groups (broad SMARTS) is 1. The number of carbonyl (C=O) groups is 2. The molecule has 0 saturated carbocycles. The topological polar surface area (TPSA) is 66.4 Å². The standard InChI is InChI=1S/C11H15NO3S2/c1-7(6-16)9(13)12-11(2,10(14)15)8-4-3-5-17-8/h3-5,7,16H,6H2,1-2H3,(H,12,13)(H,14,15)/t7?,11-/m1/s1. The summed E-state index contributed by atoms with van der Waals surface area (Å²) >= 11 is 5.33. The van der Waals surface area contributed by atoms with Gasteiger partial charge in [-0.15, -0.1) is 11.3 Å². The molecule has 0 radical (unpaired) electrons. The fourth-order valence-electron chi connectivity index (χ4n) is 1.24. The highest BCUT2D eigenvalue weighted by molar-refractivity contribution is 7.80. The van der Waals surface area contributed by atoms with E-state index in [-0.39, 0.29) is 11.8 Å². The molecular weight excluding hydrogens is 258 g/mol. The lowest BCUT2D eigenvalue weighted by Gasteiger charge is -2.26. The van der Waals surface area contributed by atoms with Crippen molar-refractivity contribution in [3.05, 3.63) is 22.4 Å². The van der Waals surface area contributed by atoms with Crippen molar-refractivity contribution in [3.8, 4) is 0 Å². The van der Waals surface area contributed by atoms with E-state index in [4.69, 9.17) is 0 Å². The smallest absolute Gasteiger partial charge is 0.334 e. The Morgan fingerprint density at radius 3 is 2.71 bits per heavy atom. The SMILES string of the molecule is CC(CS)C(=O)N[C@@](C)(C(=O)O)c1cccs1. The molecule has 0 aliphatic rings. The first kappa shape index (κ1) is 14.1. The normalized spacial score (nSPS) is 15.9. The van der Waals surface area contributed by atoms with E-state index in [9.17, 15) is 14.7 Å². The van der Waals surface area contributed by atoms with E-state index in [0.29, 0.717) is 10.6 Å². The highest BCUT2D eigenvalue weighted by Gasteiger charge is 2.38. The second kappa shape index (κ2) is 5.55. The molecule has 1 aromatic rings. The summed E-state index contributed by atoms with van der Waals surface area (Å²) in [5.41, 5.74) is -1.37. The number of hydrogen-bond acceptors (Lipinski definition) is 4. The third-order valence-corrected chi connectivity index (χ3v) is 4.18. The Hall–Kier alpha value is -1.01. The van der Waals surface area contributed by atoms with Crippen LogP contribution in [0, 0.1) is 5.92 Å². The van der Waals surface area contributed by atoms with E-state index >= 15 is 0 Å². The quantitative estimate of drug-likeness (QED) is 0.716. The molecule has 0 aliphatic heterocycles. The summed E-state index contributed by atoms with van der Waals surface area (Å²) in [6, 6.07) is 3.46. The van der Waals surface area contributed by atoms with Crippen LogP contribution in [0.3, 0.4) is 0 Å².